The topological polar surface area (TPSA) is 18.5 Å². The first-order valence-electron chi connectivity index (χ1n) is 7.73. The number of rotatable bonds is 9. The van der Waals surface area contributed by atoms with E-state index < -0.39 is 0 Å². The van der Waals surface area contributed by atoms with Gasteiger partial charge in [0.1, 0.15) is 11.5 Å². The maximum absolute atomic E-state index is 5.84. The normalized spacial score (nSPS) is 10.7. The molecule has 0 bridgehead atoms. The number of benzene rings is 2. The van der Waals surface area contributed by atoms with E-state index in [2.05, 4.69) is 63.7 Å². The minimum absolute atomic E-state index is 0.720. The minimum atomic E-state index is 0.720. The molecule has 2 rings (SSSR count). The van der Waals surface area contributed by atoms with Crippen molar-refractivity contribution >= 4 is 63.7 Å². The van der Waals surface area contributed by atoms with E-state index in [-0.39, 0.29) is 0 Å². The van der Waals surface area contributed by atoms with Crippen LogP contribution in [0.1, 0.15) is 25.7 Å². The molecule has 0 aliphatic rings. The molecule has 0 N–H and O–H groups in total. The third kappa shape index (κ3) is 6.36. The monoisotopic (exact) mass is 582 g/mol. The van der Waals surface area contributed by atoms with E-state index in [4.69, 9.17) is 9.47 Å². The van der Waals surface area contributed by atoms with Crippen molar-refractivity contribution in [3.05, 3.63) is 54.3 Å². The highest BCUT2D eigenvalue weighted by molar-refractivity contribution is 9.11. The third-order valence-corrected chi connectivity index (χ3v) is 5.87. The molecule has 0 atom stereocenters. The van der Waals surface area contributed by atoms with Crippen molar-refractivity contribution in [3.63, 3.8) is 0 Å². The average molecular weight is 586 g/mol. The van der Waals surface area contributed by atoms with Gasteiger partial charge in [-0.1, -0.05) is 12.1 Å². The van der Waals surface area contributed by atoms with Crippen molar-refractivity contribution in [2.24, 2.45) is 0 Å². The van der Waals surface area contributed by atoms with Crippen LogP contribution in [0.3, 0.4) is 0 Å². The van der Waals surface area contributed by atoms with E-state index in [0.717, 1.165) is 68.3 Å². The van der Waals surface area contributed by atoms with Crippen LogP contribution in [-0.2, 0) is 0 Å². The standard InChI is InChI=1S/C18H18Br4O2/c19-13-7-5-8-14(20)17(13)23-11-3-1-2-4-12-24-18-15(21)9-6-10-16(18)22/h5-10H,1-4,11-12H2. The van der Waals surface area contributed by atoms with Crippen LogP contribution < -0.4 is 9.47 Å². The summed E-state index contributed by atoms with van der Waals surface area (Å²) in [5.74, 6) is 1.75. The average Bonchev–Trinajstić information content (AvgIpc) is 2.54. The smallest absolute Gasteiger partial charge is 0.147 e. The van der Waals surface area contributed by atoms with Gasteiger partial charge >= 0.3 is 0 Å². The summed E-state index contributed by atoms with van der Waals surface area (Å²) in [6, 6.07) is 11.9. The summed E-state index contributed by atoms with van der Waals surface area (Å²) in [6.07, 6.45) is 4.32. The fraction of sp³-hybridized carbons (Fsp3) is 0.333. The molecule has 0 aliphatic heterocycles. The van der Waals surface area contributed by atoms with Gasteiger partial charge in [-0.15, -0.1) is 0 Å². The molecule has 0 aromatic heterocycles. The molecule has 24 heavy (non-hydrogen) atoms. The number of para-hydroxylation sites is 2. The van der Waals surface area contributed by atoms with Crippen LogP contribution in [0.5, 0.6) is 11.5 Å². The summed E-state index contributed by atoms with van der Waals surface area (Å²) in [7, 11) is 0. The molecule has 0 fully saturated rings. The molecule has 0 heterocycles. The van der Waals surface area contributed by atoms with Gasteiger partial charge in [-0.2, -0.15) is 0 Å². The molecule has 0 spiro atoms. The first kappa shape index (κ1) is 20.3. The van der Waals surface area contributed by atoms with Crippen molar-refractivity contribution in [3.8, 4) is 11.5 Å². The van der Waals surface area contributed by atoms with Crippen molar-refractivity contribution < 1.29 is 9.47 Å². The van der Waals surface area contributed by atoms with Gasteiger partial charge < -0.3 is 9.47 Å². The van der Waals surface area contributed by atoms with Gasteiger partial charge in [0.25, 0.3) is 0 Å². The second kappa shape index (κ2) is 10.8. The summed E-state index contributed by atoms with van der Waals surface area (Å²) in [5, 5.41) is 0. The van der Waals surface area contributed by atoms with Crippen LogP contribution in [0, 0.1) is 0 Å². The maximum Gasteiger partial charge on any atom is 0.147 e. The van der Waals surface area contributed by atoms with Gasteiger partial charge in [-0.05, 0) is 114 Å². The molecule has 2 aromatic rings. The minimum Gasteiger partial charge on any atom is -0.491 e. The van der Waals surface area contributed by atoms with Crippen molar-refractivity contribution in [1.29, 1.82) is 0 Å². The summed E-state index contributed by atoms with van der Waals surface area (Å²) in [6.45, 7) is 1.44. The third-order valence-electron chi connectivity index (χ3n) is 3.37. The summed E-state index contributed by atoms with van der Waals surface area (Å²) in [5.41, 5.74) is 0. The van der Waals surface area contributed by atoms with E-state index in [1.807, 2.05) is 36.4 Å². The summed E-state index contributed by atoms with van der Waals surface area (Å²) in [4.78, 5) is 0. The Bertz CT molecular complexity index is 563. The van der Waals surface area contributed by atoms with Gasteiger partial charge in [0.15, 0.2) is 0 Å². The van der Waals surface area contributed by atoms with Crippen molar-refractivity contribution in [2.45, 2.75) is 25.7 Å². The first-order chi connectivity index (χ1) is 11.6. The summed E-state index contributed by atoms with van der Waals surface area (Å²) < 4.78 is 15.6. The molecule has 0 saturated carbocycles. The Morgan fingerprint density at radius 3 is 1.21 bits per heavy atom. The highest BCUT2D eigenvalue weighted by Gasteiger charge is 2.06. The fourth-order valence-electron chi connectivity index (χ4n) is 2.15. The number of ether oxygens (including phenoxy) is 2. The Balaban J connectivity index is 1.59. The predicted octanol–water partition coefficient (Wildman–Crippen LogP) is 7.75. The highest BCUT2D eigenvalue weighted by Crippen LogP contribution is 2.34. The molecule has 0 unspecified atom stereocenters. The lowest BCUT2D eigenvalue weighted by atomic mass is 10.2. The largest absolute Gasteiger partial charge is 0.491 e. The van der Waals surface area contributed by atoms with Crippen LogP contribution in [0.15, 0.2) is 54.3 Å². The van der Waals surface area contributed by atoms with Crippen LogP contribution in [0.4, 0.5) is 0 Å². The van der Waals surface area contributed by atoms with Gasteiger partial charge in [0.05, 0.1) is 31.1 Å². The number of halogens is 4. The lowest BCUT2D eigenvalue weighted by Gasteiger charge is -2.11. The van der Waals surface area contributed by atoms with Crippen molar-refractivity contribution in [2.75, 3.05) is 13.2 Å². The van der Waals surface area contributed by atoms with Gasteiger partial charge in [0.2, 0.25) is 0 Å². The highest BCUT2D eigenvalue weighted by atomic mass is 79.9. The molecular weight excluding hydrogens is 568 g/mol. The number of hydrogen-bond acceptors (Lipinski definition) is 2. The zero-order chi connectivity index (χ0) is 17.4. The second-order valence-corrected chi connectivity index (χ2v) is 8.63. The van der Waals surface area contributed by atoms with Crippen LogP contribution in [0.2, 0.25) is 0 Å². The molecule has 0 aliphatic carbocycles. The zero-order valence-corrected chi connectivity index (χ0v) is 19.4. The van der Waals surface area contributed by atoms with E-state index in [1.165, 1.54) is 0 Å². The second-order valence-electron chi connectivity index (χ2n) is 5.21. The fourth-order valence-corrected chi connectivity index (χ4v) is 4.60. The Morgan fingerprint density at radius 2 is 0.875 bits per heavy atom. The Kier molecular flexibility index (Phi) is 9.16. The molecule has 130 valence electrons. The Labute approximate surface area is 176 Å². The quantitative estimate of drug-likeness (QED) is 0.280. The Hall–Kier alpha value is -0.0400. The molecule has 0 saturated heterocycles. The Morgan fingerprint density at radius 1 is 0.542 bits per heavy atom. The lowest BCUT2D eigenvalue weighted by molar-refractivity contribution is 0.284. The van der Waals surface area contributed by atoms with E-state index in [1.54, 1.807) is 0 Å². The van der Waals surface area contributed by atoms with Crippen LogP contribution in [0.25, 0.3) is 0 Å². The summed E-state index contributed by atoms with van der Waals surface area (Å²) >= 11 is 14.0. The molecule has 2 nitrogen and oxygen atoms in total. The van der Waals surface area contributed by atoms with E-state index >= 15 is 0 Å². The maximum atomic E-state index is 5.84. The van der Waals surface area contributed by atoms with Crippen molar-refractivity contribution in [1.82, 2.24) is 0 Å². The SMILES string of the molecule is Brc1cccc(Br)c1OCCCCCCOc1c(Br)cccc1Br. The molecular formula is C18H18Br4O2. The molecule has 0 amide bonds. The number of unbranched alkanes of at least 4 members (excludes halogenated alkanes) is 3. The predicted molar refractivity (Wildman–Crippen MR) is 113 cm³/mol. The first-order valence-corrected chi connectivity index (χ1v) is 10.9. The van der Waals surface area contributed by atoms with Gasteiger partial charge in [-0.25, -0.2) is 0 Å². The molecule has 6 heteroatoms. The van der Waals surface area contributed by atoms with Crippen LogP contribution in [-0.4, -0.2) is 13.2 Å². The zero-order valence-electron chi connectivity index (χ0n) is 13.0. The van der Waals surface area contributed by atoms with Crippen LogP contribution >= 0.6 is 63.7 Å². The molecule has 2 aromatic carbocycles. The number of hydrogen-bond donors (Lipinski definition) is 0. The van der Waals surface area contributed by atoms with Gasteiger partial charge in [0, 0.05) is 0 Å². The van der Waals surface area contributed by atoms with E-state index in [0.29, 0.717) is 0 Å². The lowest BCUT2D eigenvalue weighted by Crippen LogP contribution is -2.01. The van der Waals surface area contributed by atoms with Gasteiger partial charge in [-0.3, -0.25) is 0 Å². The van der Waals surface area contributed by atoms with E-state index in [9.17, 15) is 0 Å². The molecule has 0 radical (unpaired) electrons.